The van der Waals surface area contributed by atoms with E-state index in [2.05, 4.69) is 10.3 Å². The molecular weight excluding hydrogens is 318 g/mol. The molecule has 132 valence electrons. The minimum atomic E-state index is -0.832. The first-order valence-electron chi connectivity index (χ1n) is 8.03. The van der Waals surface area contributed by atoms with Gasteiger partial charge in [0.15, 0.2) is 0 Å². The number of hydrogen-bond acceptors (Lipinski definition) is 4. The van der Waals surface area contributed by atoms with Crippen LogP contribution in [0.2, 0.25) is 0 Å². The number of rotatable bonds is 5. The van der Waals surface area contributed by atoms with Crippen molar-refractivity contribution in [2.24, 2.45) is 5.73 Å². The van der Waals surface area contributed by atoms with E-state index < -0.39 is 23.6 Å². The van der Waals surface area contributed by atoms with Crippen molar-refractivity contribution in [1.82, 2.24) is 10.3 Å². The second kappa shape index (κ2) is 7.79. The van der Waals surface area contributed by atoms with Gasteiger partial charge < -0.3 is 15.8 Å². The number of alkyl carbamates (subject to hydrolysis) is 1. The molecule has 2 aromatic rings. The molecule has 0 fully saturated rings. The number of carbonyl (C=O) groups excluding carboxylic acids is 2. The zero-order chi connectivity index (χ0) is 18.4. The fourth-order valence-electron chi connectivity index (χ4n) is 2.29. The van der Waals surface area contributed by atoms with Crippen molar-refractivity contribution < 1.29 is 14.3 Å². The highest BCUT2D eigenvalue weighted by Crippen LogP contribution is 2.19. The Balaban J connectivity index is 2.04. The standard InChI is InChI=1S/C19H23N3O3/c1-19(2,3)25-18(24)22-16(17(20)23)12-13-4-6-14(7-5-13)15-8-10-21-11-9-15/h4-11,16H,12H2,1-3H3,(H2,20,23)(H,22,24)/t16-/m1/s1. The maximum Gasteiger partial charge on any atom is 0.408 e. The van der Waals surface area contributed by atoms with Crippen LogP contribution in [-0.2, 0) is 16.0 Å². The number of pyridine rings is 1. The molecule has 0 aliphatic rings. The van der Waals surface area contributed by atoms with Gasteiger partial charge in [0.25, 0.3) is 0 Å². The lowest BCUT2D eigenvalue weighted by Crippen LogP contribution is -2.47. The number of amides is 2. The summed E-state index contributed by atoms with van der Waals surface area (Å²) in [7, 11) is 0. The highest BCUT2D eigenvalue weighted by Gasteiger charge is 2.22. The fourth-order valence-corrected chi connectivity index (χ4v) is 2.29. The summed E-state index contributed by atoms with van der Waals surface area (Å²) in [5, 5.41) is 2.52. The van der Waals surface area contributed by atoms with Gasteiger partial charge in [0, 0.05) is 18.8 Å². The molecular formula is C19H23N3O3. The Labute approximate surface area is 147 Å². The molecule has 6 nitrogen and oxygen atoms in total. The zero-order valence-corrected chi connectivity index (χ0v) is 14.7. The van der Waals surface area contributed by atoms with Crippen LogP contribution < -0.4 is 11.1 Å². The van der Waals surface area contributed by atoms with Crippen LogP contribution in [0, 0.1) is 0 Å². The maximum atomic E-state index is 11.9. The Hall–Kier alpha value is -2.89. The minimum absolute atomic E-state index is 0.297. The number of aromatic nitrogens is 1. The van der Waals surface area contributed by atoms with Gasteiger partial charge in [0.2, 0.25) is 5.91 Å². The quantitative estimate of drug-likeness (QED) is 0.874. The van der Waals surface area contributed by atoms with Crippen LogP contribution >= 0.6 is 0 Å². The van der Waals surface area contributed by atoms with Gasteiger partial charge in [-0.1, -0.05) is 24.3 Å². The van der Waals surface area contributed by atoms with Crippen molar-refractivity contribution in [1.29, 1.82) is 0 Å². The van der Waals surface area contributed by atoms with Crippen LogP contribution in [0.15, 0.2) is 48.8 Å². The summed E-state index contributed by atoms with van der Waals surface area (Å²) in [5.74, 6) is -0.607. The first kappa shape index (κ1) is 18.4. The van der Waals surface area contributed by atoms with E-state index in [1.807, 2.05) is 36.4 Å². The molecule has 1 atom stereocenters. The number of nitrogens with zero attached hydrogens (tertiary/aromatic N) is 1. The lowest BCUT2D eigenvalue weighted by Gasteiger charge is -2.22. The first-order chi connectivity index (χ1) is 11.7. The average Bonchev–Trinajstić information content (AvgIpc) is 2.54. The second-order valence-electron chi connectivity index (χ2n) is 6.74. The number of nitrogens with one attached hydrogen (secondary N) is 1. The number of primary amides is 1. The Bertz CT molecular complexity index is 722. The third-order valence-corrected chi connectivity index (χ3v) is 3.44. The monoisotopic (exact) mass is 341 g/mol. The van der Waals surface area contributed by atoms with E-state index in [1.54, 1.807) is 33.2 Å². The SMILES string of the molecule is CC(C)(C)OC(=O)N[C@H](Cc1ccc(-c2ccncc2)cc1)C(N)=O. The van der Waals surface area contributed by atoms with Crippen molar-refractivity contribution in [2.45, 2.75) is 38.8 Å². The van der Waals surface area contributed by atoms with E-state index in [4.69, 9.17) is 10.5 Å². The normalized spacial score (nSPS) is 12.3. The summed E-state index contributed by atoms with van der Waals surface area (Å²) in [4.78, 5) is 27.5. The van der Waals surface area contributed by atoms with Crippen molar-refractivity contribution >= 4 is 12.0 Å². The molecule has 1 aromatic carbocycles. The van der Waals surface area contributed by atoms with Crippen LogP contribution in [0.25, 0.3) is 11.1 Å². The molecule has 0 aliphatic heterocycles. The van der Waals surface area contributed by atoms with Gasteiger partial charge in [-0.15, -0.1) is 0 Å². The lowest BCUT2D eigenvalue weighted by molar-refractivity contribution is -0.120. The smallest absolute Gasteiger partial charge is 0.408 e. The number of benzene rings is 1. The van der Waals surface area contributed by atoms with E-state index in [0.717, 1.165) is 16.7 Å². The van der Waals surface area contributed by atoms with Gasteiger partial charge >= 0.3 is 6.09 Å². The summed E-state index contributed by atoms with van der Waals surface area (Å²) in [5.41, 5.74) is 7.75. The summed E-state index contributed by atoms with van der Waals surface area (Å²) in [6.45, 7) is 5.26. The average molecular weight is 341 g/mol. The Morgan fingerprint density at radius 3 is 2.16 bits per heavy atom. The van der Waals surface area contributed by atoms with Gasteiger partial charge in [0.05, 0.1) is 0 Å². The van der Waals surface area contributed by atoms with Gasteiger partial charge in [-0.05, 0) is 49.6 Å². The molecule has 1 heterocycles. The molecule has 2 amide bonds. The van der Waals surface area contributed by atoms with Crippen molar-refractivity contribution in [3.8, 4) is 11.1 Å². The second-order valence-corrected chi connectivity index (χ2v) is 6.74. The highest BCUT2D eigenvalue weighted by atomic mass is 16.6. The van der Waals surface area contributed by atoms with Crippen LogP contribution in [0.5, 0.6) is 0 Å². The number of nitrogens with two attached hydrogens (primary N) is 1. The lowest BCUT2D eigenvalue weighted by atomic mass is 10.0. The third kappa shape index (κ3) is 5.91. The summed E-state index contributed by atoms with van der Waals surface area (Å²) >= 11 is 0. The molecule has 0 saturated carbocycles. The topological polar surface area (TPSA) is 94.3 Å². The summed E-state index contributed by atoms with van der Waals surface area (Å²) < 4.78 is 5.17. The molecule has 3 N–H and O–H groups in total. The molecule has 0 aliphatic carbocycles. The van der Waals surface area contributed by atoms with Crippen molar-refractivity contribution in [3.05, 3.63) is 54.4 Å². The molecule has 25 heavy (non-hydrogen) atoms. The van der Waals surface area contributed by atoms with Crippen molar-refractivity contribution in [2.75, 3.05) is 0 Å². The third-order valence-electron chi connectivity index (χ3n) is 3.44. The molecule has 6 heteroatoms. The van der Waals surface area contributed by atoms with E-state index in [0.29, 0.717) is 6.42 Å². The van der Waals surface area contributed by atoms with Crippen LogP contribution in [-0.4, -0.2) is 28.6 Å². The van der Waals surface area contributed by atoms with E-state index in [1.165, 1.54) is 0 Å². The largest absolute Gasteiger partial charge is 0.444 e. The molecule has 1 aromatic heterocycles. The molecule has 2 rings (SSSR count). The summed E-state index contributed by atoms with van der Waals surface area (Å²) in [6.07, 6.45) is 3.10. The predicted molar refractivity (Wildman–Crippen MR) is 95.7 cm³/mol. The van der Waals surface area contributed by atoms with Gasteiger partial charge in [-0.2, -0.15) is 0 Å². The van der Waals surface area contributed by atoms with Crippen molar-refractivity contribution in [3.63, 3.8) is 0 Å². The Morgan fingerprint density at radius 1 is 1.08 bits per heavy atom. The fraction of sp³-hybridized carbons (Fsp3) is 0.316. The maximum absolute atomic E-state index is 11.9. The Morgan fingerprint density at radius 2 is 1.64 bits per heavy atom. The van der Waals surface area contributed by atoms with E-state index >= 15 is 0 Å². The molecule has 0 unspecified atom stereocenters. The van der Waals surface area contributed by atoms with Gasteiger partial charge in [-0.3, -0.25) is 9.78 Å². The zero-order valence-electron chi connectivity index (χ0n) is 14.7. The predicted octanol–water partition coefficient (Wildman–Crippen LogP) is 2.67. The first-order valence-corrected chi connectivity index (χ1v) is 8.03. The Kier molecular flexibility index (Phi) is 5.75. The number of carbonyl (C=O) groups is 2. The van der Waals surface area contributed by atoms with Crippen LogP contribution in [0.4, 0.5) is 4.79 Å². The molecule has 0 bridgehead atoms. The minimum Gasteiger partial charge on any atom is -0.444 e. The summed E-state index contributed by atoms with van der Waals surface area (Å²) in [6, 6.07) is 10.7. The number of ether oxygens (including phenoxy) is 1. The van der Waals surface area contributed by atoms with E-state index in [9.17, 15) is 9.59 Å². The van der Waals surface area contributed by atoms with E-state index in [-0.39, 0.29) is 0 Å². The van der Waals surface area contributed by atoms with Gasteiger partial charge in [0.1, 0.15) is 11.6 Å². The number of hydrogen-bond donors (Lipinski definition) is 2. The van der Waals surface area contributed by atoms with Crippen LogP contribution in [0.3, 0.4) is 0 Å². The van der Waals surface area contributed by atoms with Crippen LogP contribution in [0.1, 0.15) is 26.3 Å². The van der Waals surface area contributed by atoms with Gasteiger partial charge in [-0.25, -0.2) is 4.79 Å². The molecule has 0 saturated heterocycles. The highest BCUT2D eigenvalue weighted by molar-refractivity contribution is 5.84. The molecule has 0 spiro atoms. The molecule has 0 radical (unpaired) electrons.